The minimum Gasteiger partial charge on any atom is -0.478 e. The van der Waals surface area contributed by atoms with Crippen LogP contribution in [0.4, 0.5) is 0 Å². The second-order valence-electron chi connectivity index (χ2n) is 3.00. The number of carboxylic acid groups (broad SMARTS) is 1. The van der Waals surface area contributed by atoms with Crippen LogP contribution in [0.3, 0.4) is 0 Å². The Bertz CT molecular complexity index is 565. The Labute approximate surface area is 78.6 Å². The normalized spacial score (nSPS) is 10.6. The smallest absolute Gasteiger partial charge is 0.336 e. The highest BCUT2D eigenvalue weighted by Gasteiger charge is 2.13. The predicted molar refractivity (Wildman–Crippen MR) is 50.5 cm³/mol. The molecule has 0 aliphatic rings. The zero-order valence-electron chi connectivity index (χ0n) is 7.44. The molecule has 0 unspecified atom stereocenters. The molecule has 5 nitrogen and oxygen atoms in total. The molecule has 0 bridgehead atoms. The van der Waals surface area contributed by atoms with Crippen LogP contribution in [0.5, 0.6) is 0 Å². The maximum atomic E-state index is 11.4. The molecule has 5 heteroatoms. The minimum absolute atomic E-state index is 0.0318. The van der Waals surface area contributed by atoms with Gasteiger partial charge in [0.1, 0.15) is 0 Å². The average Bonchev–Trinajstić information content (AvgIpc) is 2.43. The van der Waals surface area contributed by atoms with Crippen molar-refractivity contribution in [1.29, 1.82) is 0 Å². The molecule has 2 aromatic rings. The molecule has 0 spiro atoms. The van der Waals surface area contributed by atoms with Gasteiger partial charge in [-0.3, -0.25) is 14.6 Å². The summed E-state index contributed by atoms with van der Waals surface area (Å²) in [5, 5.41) is 11.6. The topological polar surface area (TPSA) is 75.1 Å². The van der Waals surface area contributed by atoms with E-state index >= 15 is 0 Å². The number of aromatic nitrogens is 2. The summed E-state index contributed by atoms with van der Waals surface area (Å²) in [6.45, 7) is 0. The van der Waals surface area contributed by atoms with Crippen molar-refractivity contribution in [2.75, 3.05) is 0 Å². The highest BCUT2D eigenvalue weighted by Crippen LogP contribution is 2.13. The number of aromatic amines is 1. The van der Waals surface area contributed by atoms with E-state index in [0.29, 0.717) is 5.52 Å². The molecular weight excluding hydrogens is 184 g/mol. The number of carbonyl (C=O) groups is 1. The zero-order valence-corrected chi connectivity index (χ0v) is 7.44. The highest BCUT2D eigenvalue weighted by atomic mass is 16.4. The molecule has 1 aromatic heterocycles. The number of hydrogen-bond acceptors (Lipinski definition) is 2. The Balaban J connectivity index is 3.00. The van der Waals surface area contributed by atoms with E-state index in [1.165, 1.54) is 10.7 Å². The highest BCUT2D eigenvalue weighted by molar-refractivity contribution is 6.02. The van der Waals surface area contributed by atoms with E-state index in [1.54, 1.807) is 19.2 Å². The summed E-state index contributed by atoms with van der Waals surface area (Å²) in [6.07, 6.45) is 0. The molecule has 2 N–H and O–H groups in total. The predicted octanol–water partition coefficient (Wildman–Crippen LogP) is 0.565. The van der Waals surface area contributed by atoms with Crippen LogP contribution < -0.4 is 5.56 Å². The molecule has 1 heterocycles. The van der Waals surface area contributed by atoms with Crippen LogP contribution in [0.1, 0.15) is 10.4 Å². The van der Waals surface area contributed by atoms with Crippen molar-refractivity contribution in [3.05, 3.63) is 34.1 Å². The fourth-order valence-corrected chi connectivity index (χ4v) is 1.50. The van der Waals surface area contributed by atoms with Crippen molar-refractivity contribution >= 4 is 16.9 Å². The molecule has 0 saturated heterocycles. The van der Waals surface area contributed by atoms with Crippen LogP contribution in [0.2, 0.25) is 0 Å². The zero-order chi connectivity index (χ0) is 10.3. The molecule has 72 valence electrons. The molecule has 0 saturated carbocycles. The van der Waals surface area contributed by atoms with Crippen LogP contribution in [0.15, 0.2) is 23.0 Å². The average molecular weight is 192 g/mol. The van der Waals surface area contributed by atoms with E-state index in [4.69, 9.17) is 5.11 Å². The van der Waals surface area contributed by atoms with Crippen molar-refractivity contribution < 1.29 is 9.90 Å². The SMILES string of the molecule is Cn1[nH]c(=O)c2c(C(=O)O)cccc21. The van der Waals surface area contributed by atoms with E-state index in [1.807, 2.05) is 0 Å². The third kappa shape index (κ3) is 1.02. The lowest BCUT2D eigenvalue weighted by Gasteiger charge is -1.96. The van der Waals surface area contributed by atoms with Gasteiger partial charge in [-0.05, 0) is 12.1 Å². The van der Waals surface area contributed by atoms with Gasteiger partial charge in [-0.25, -0.2) is 4.79 Å². The standard InChI is InChI=1S/C9H8N2O3/c1-11-6-4-2-3-5(9(13)14)7(6)8(12)10-11/h2-4H,1H3,(H,10,12)(H,13,14). The lowest BCUT2D eigenvalue weighted by Crippen LogP contribution is -2.05. The van der Waals surface area contributed by atoms with Crippen LogP contribution in [0.25, 0.3) is 10.9 Å². The van der Waals surface area contributed by atoms with E-state index in [9.17, 15) is 9.59 Å². The van der Waals surface area contributed by atoms with Crippen LogP contribution in [0, 0.1) is 0 Å². The van der Waals surface area contributed by atoms with Gasteiger partial charge in [0, 0.05) is 7.05 Å². The van der Waals surface area contributed by atoms with Gasteiger partial charge in [0.05, 0.1) is 16.5 Å². The molecule has 0 aliphatic heterocycles. The monoisotopic (exact) mass is 192 g/mol. The van der Waals surface area contributed by atoms with Gasteiger partial charge in [0.25, 0.3) is 5.56 Å². The molecule has 0 aliphatic carbocycles. The maximum absolute atomic E-state index is 11.4. The van der Waals surface area contributed by atoms with Gasteiger partial charge in [0.15, 0.2) is 0 Å². The van der Waals surface area contributed by atoms with Gasteiger partial charge in [-0.2, -0.15) is 0 Å². The number of benzene rings is 1. The molecule has 0 amide bonds. The first kappa shape index (κ1) is 8.55. The molecule has 14 heavy (non-hydrogen) atoms. The Kier molecular flexibility index (Phi) is 1.67. The minimum atomic E-state index is -1.09. The van der Waals surface area contributed by atoms with Gasteiger partial charge in [-0.15, -0.1) is 0 Å². The van der Waals surface area contributed by atoms with E-state index in [-0.39, 0.29) is 16.5 Å². The largest absolute Gasteiger partial charge is 0.478 e. The number of nitrogens with zero attached hydrogens (tertiary/aromatic N) is 1. The van der Waals surface area contributed by atoms with Crippen molar-refractivity contribution in [2.45, 2.75) is 0 Å². The Morgan fingerprint density at radius 3 is 2.86 bits per heavy atom. The number of rotatable bonds is 1. The quantitative estimate of drug-likeness (QED) is 0.693. The van der Waals surface area contributed by atoms with Gasteiger partial charge in [-0.1, -0.05) is 6.07 Å². The number of fused-ring (bicyclic) bond motifs is 1. The van der Waals surface area contributed by atoms with Crippen molar-refractivity contribution in [2.24, 2.45) is 7.05 Å². The summed E-state index contributed by atoms with van der Waals surface area (Å²) in [7, 11) is 1.66. The number of aromatic carboxylic acids is 1. The first-order valence-electron chi connectivity index (χ1n) is 4.02. The summed E-state index contributed by atoms with van der Waals surface area (Å²) in [4.78, 5) is 22.2. The molecular formula is C9H8N2O3. The van der Waals surface area contributed by atoms with Gasteiger partial charge in [0.2, 0.25) is 0 Å². The first-order valence-corrected chi connectivity index (χ1v) is 4.02. The van der Waals surface area contributed by atoms with E-state index in [2.05, 4.69) is 5.10 Å². The molecule has 0 radical (unpaired) electrons. The lowest BCUT2D eigenvalue weighted by atomic mass is 10.1. The maximum Gasteiger partial charge on any atom is 0.336 e. The van der Waals surface area contributed by atoms with Crippen LogP contribution in [-0.2, 0) is 7.05 Å². The number of nitrogens with one attached hydrogen (secondary N) is 1. The van der Waals surface area contributed by atoms with Crippen molar-refractivity contribution in [3.63, 3.8) is 0 Å². The first-order chi connectivity index (χ1) is 6.61. The fourth-order valence-electron chi connectivity index (χ4n) is 1.50. The molecule has 1 aromatic carbocycles. The molecule has 0 fully saturated rings. The summed E-state index contributed by atoms with van der Waals surface area (Å²) in [6, 6.07) is 4.72. The van der Waals surface area contributed by atoms with Crippen LogP contribution >= 0.6 is 0 Å². The number of H-pyrrole nitrogens is 1. The fraction of sp³-hybridized carbons (Fsp3) is 0.111. The number of hydrogen-bond donors (Lipinski definition) is 2. The molecule has 0 atom stereocenters. The molecule has 2 rings (SSSR count). The third-order valence-corrected chi connectivity index (χ3v) is 2.13. The summed E-state index contributed by atoms with van der Waals surface area (Å²) in [5.41, 5.74) is 0.250. The Hall–Kier alpha value is -2.04. The third-order valence-electron chi connectivity index (χ3n) is 2.13. The number of carboxylic acids is 1. The summed E-state index contributed by atoms with van der Waals surface area (Å²) >= 11 is 0. The van der Waals surface area contributed by atoms with E-state index in [0.717, 1.165) is 0 Å². The van der Waals surface area contributed by atoms with Crippen molar-refractivity contribution in [3.8, 4) is 0 Å². The van der Waals surface area contributed by atoms with Crippen LogP contribution in [-0.4, -0.2) is 20.9 Å². The summed E-state index contributed by atoms with van der Waals surface area (Å²) < 4.78 is 1.50. The Morgan fingerprint density at radius 2 is 2.21 bits per heavy atom. The van der Waals surface area contributed by atoms with Gasteiger partial charge < -0.3 is 5.11 Å². The summed E-state index contributed by atoms with van der Waals surface area (Å²) in [5.74, 6) is -1.09. The second kappa shape index (κ2) is 2.73. The number of aryl methyl sites for hydroxylation is 1. The van der Waals surface area contributed by atoms with Crippen molar-refractivity contribution in [1.82, 2.24) is 9.78 Å². The Morgan fingerprint density at radius 1 is 1.50 bits per heavy atom. The van der Waals surface area contributed by atoms with Gasteiger partial charge >= 0.3 is 5.97 Å². The lowest BCUT2D eigenvalue weighted by molar-refractivity contribution is 0.0699. The second-order valence-corrected chi connectivity index (χ2v) is 3.00. The van der Waals surface area contributed by atoms with E-state index < -0.39 is 5.97 Å².